The molecule has 11 aromatic rings. The highest BCUT2D eigenvalue weighted by molar-refractivity contribution is 7.26. The monoisotopic (exact) mass is 631 g/mol. The van der Waals surface area contributed by atoms with E-state index in [1.165, 1.54) is 36.6 Å². The molecule has 0 unspecified atom stereocenters. The Bertz CT molecular complexity index is 3050. The van der Waals surface area contributed by atoms with Crippen LogP contribution in [0, 0.1) is 0 Å². The summed E-state index contributed by atoms with van der Waals surface area (Å²) in [6.07, 6.45) is 0. The molecule has 0 spiro atoms. The van der Waals surface area contributed by atoms with E-state index >= 15 is 0 Å². The zero-order valence-electron chi connectivity index (χ0n) is 25.6. The van der Waals surface area contributed by atoms with E-state index in [2.05, 4.69) is 161 Å². The van der Waals surface area contributed by atoms with E-state index in [1.807, 2.05) is 11.3 Å². The second-order valence-electron chi connectivity index (χ2n) is 12.3. The Hall–Kier alpha value is -6.17. The predicted octanol–water partition coefficient (Wildman–Crippen LogP) is 12.1. The molecule has 0 saturated heterocycles. The number of rotatable bonds is 3. The highest BCUT2D eigenvalue weighted by atomic mass is 32.1. The number of thiophene rings is 1. The van der Waals surface area contributed by atoms with Gasteiger partial charge >= 0.3 is 6.01 Å². The first kappa shape index (κ1) is 26.0. The van der Waals surface area contributed by atoms with Crippen LogP contribution in [0.3, 0.4) is 0 Å². The molecule has 0 amide bonds. The van der Waals surface area contributed by atoms with Crippen LogP contribution in [0.1, 0.15) is 0 Å². The van der Waals surface area contributed by atoms with E-state index in [0.29, 0.717) is 6.01 Å². The van der Waals surface area contributed by atoms with E-state index in [9.17, 15) is 0 Å². The summed E-state index contributed by atoms with van der Waals surface area (Å²) >= 11 is 1.82. The quantitative estimate of drug-likeness (QED) is 0.194. The summed E-state index contributed by atoms with van der Waals surface area (Å²) in [5.74, 6) is 0. The van der Waals surface area contributed by atoms with Gasteiger partial charge in [0.25, 0.3) is 0 Å². The van der Waals surface area contributed by atoms with Crippen molar-refractivity contribution in [3.05, 3.63) is 152 Å². The van der Waals surface area contributed by atoms with Gasteiger partial charge in [-0.2, -0.15) is 4.98 Å². The third-order valence-electron chi connectivity index (χ3n) is 9.75. The fraction of sp³-hybridized carbons (Fsp3) is 0. The summed E-state index contributed by atoms with van der Waals surface area (Å²) in [7, 11) is 0. The molecule has 0 aliphatic heterocycles. The molecule has 224 valence electrons. The molecular formula is C43H25N3OS. The van der Waals surface area contributed by atoms with Crippen LogP contribution in [-0.4, -0.2) is 14.1 Å². The molecule has 0 bridgehead atoms. The van der Waals surface area contributed by atoms with Crippen LogP contribution in [0.5, 0.6) is 0 Å². The lowest BCUT2D eigenvalue weighted by Crippen LogP contribution is -1.98. The van der Waals surface area contributed by atoms with E-state index in [-0.39, 0.29) is 0 Å². The summed E-state index contributed by atoms with van der Waals surface area (Å²) in [6.45, 7) is 0. The molecule has 0 atom stereocenters. The van der Waals surface area contributed by atoms with Gasteiger partial charge in [0.15, 0.2) is 5.58 Å². The number of hydrogen-bond donors (Lipinski definition) is 0. The highest BCUT2D eigenvalue weighted by Crippen LogP contribution is 2.46. The van der Waals surface area contributed by atoms with Gasteiger partial charge in [-0.05, 0) is 42.0 Å². The SMILES string of the molecule is c1ccc(-c2cc3oc(-n4c5ccccc5c5ccc6c7ccccc7n(-c7ccccc7)c6c54)nc3c3c2sc2ccccc23)cc1. The average molecular weight is 632 g/mol. The Morgan fingerprint density at radius 2 is 1.10 bits per heavy atom. The van der Waals surface area contributed by atoms with Crippen molar-refractivity contribution in [1.82, 2.24) is 14.1 Å². The largest absolute Gasteiger partial charge is 0.423 e. The van der Waals surface area contributed by atoms with Crippen molar-refractivity contribution in [1.29, 1.82) is 0 Å². The van der Waals surface area contributed by atoms with Gasteiger partial charge in [-0.25, -0.2) is 0 Å². The van der Waals surface area contributed by atoms with Gasteiger partial charge < -0.3 is 8.98 Å². The van der Waals surface area contributed by atoms with Crippen molar-refractivity contribution >= 4 is 86.2 Å². The molecule has 4 heterocycles. The Kier molecular flexibility index (Phi) is 5.23. The predicted molar refractivity (Wildman–Crippen MR) is 201 cm³/mol. The van der Waals surface area contributed by atoms with Crippen molar-refractivity contribution < 1.29 is 4.42 Å². The summed E-state index contributed by atoms with van der Waals surface area (Å²) in [5, 5.41) is 7.08. The summed E-state index contributed by atoms with van der Waals surface area (Å²) < 4.78 is 14.0. The van der Waals surface area contributed by atoms with Crippen LogP contribution in [0.25, 0.3) is 97.7 Å². The smallest absolute Gasteiger partial charge is 0.307 e. The van der Waals surface area contributed by atoms with E-state index in [1.54, 1.807) is 0 Å². The van der Waals surface area contributed by atoms with Crippen LogP contribution >= 0.6 is 11.3 Å². The first-order chi connectivity index (χ1) is 23.8. The molecule has 0 aliphatic carbocycles. The standard InChI is InChI=1S/C43H25N3OS/c1-3-13-26(14-4-1)33-25-36-39(38-32-19-9-12-22-37(32)48-42(33)38)44-43(47-36)46-35-21-11-8-18-29(35)31-24-23-30-28-17-7-10-20-34(28)45(40(30)41(31)46)27-15-5-2-6-16-27/h1-25H. The molecule has 4 nitrogen and oxygen atoms in total. The molecule has 0 N–H and O–H groups in total. The fourth-order valence-corrected chi connectivity index (χ4v) is 8.98. The highest BCUT2D eigenvalue weighted by Gasteiger charge is 2.25. The number of aromatic nitrogens is 3. The lowest BCUT2D eigenvalue weighted by molar-refractivity contribution is 0.575. The van der Waals surface area contributed by atoms with Crippen molar-refractivity contribution in [3.8, 4) is 22.8 Å². The van der Waals surface area contributed by atoms with Crippen LogP contribution in [-0.2, 0) is 0 Å². The Morgan fingerprint density at radius 3 is 1.83 bits per heavy atom. The van der Waals surface area contributed by atoms with Crippen molar-refractivity contribution in [2.75, 3.05) is 0 Å². The second-order valence-corrected chi connectivity index (χ2v) is 13.4. The van der Waals surface area contributed by atoms with Crippen LogP contribution in [0.4, 0.5) is 0 Å². The fourth-order valence-electron chi connectivity index (χ4n) is 7.74. The minimum Gasteiger partial charge on any atom is -0.423 e. The first-order valence-corrected chi connectivity index (χ1v) is 17.0. The minimum atomic E-state index is 0.565. The van der Waals surface area contributed by atoms with E-state index in [4.69, 9.17) is 9.40 Å². The number of nitrogens with zero attached hydrogens (tertiary/aromatic N) is 3. The minimum absolute atomic E-state index is 0.565. The lowest BCUT2D eigenvalue weighted by Gasteiger charge is -2.10. The average Bonchev–Trinajstić information content (AvgIpc) is 3.91. The molecule has 11 rings (SSSR count). The maximum absolute atomic E-state index is 6.93. The van der Waals surface area contributed by atoms with Crippen LogP contribution < -0.4 is 0 Å². The topological polar surface area (TPSA) is 35.9 Å². The molecular weight excluding hydrogens is 607 g/mol. The molecule has 5 heteroatoms. The van der Waals surface area contributed by atoms with Gasteiger partial charge in [0, 0.05) is 53.0 Å². The molecule has 0 fully saturated rings. The van der Waals surface area contributed by atoms with E-state index in [0.717, 1.165) is 55.1 Å². The number of fused-ring (bicyclic) bond motifs is 12. The van der Waals surface area contributed by atoms with Crippen molar-refractivity contribution in [2.24, 2.45) is 0 Å². The normalized spacial score (nSPS) is 12.2. The number of para-hydroxylation sites is 3. The van der Waals surface area contributed by atoms with Gasteiger partial charge in [0.2, 0.25) is 0 Å². The first-order valence-electron chi connectivity index (χ1n) is 16.1. The zero-order valence-corrected chi connectivity index (χ0v) is 26.4. The maximum atomic E-state index is 6.93. The molecule has 48 heavy (non-hydrogen) atoms. The van der Waals surface area contributed by atoms with E-state index < -0.39 is 0 Å². The van der Waals surface area contributed by atoms with Gasteiger partial charge in [0.1, 0.15) is 5.52 Å². The Labute approximate surface area is 278 Å². The van der Waals surface area contributed by atoms with Crippen LogP contribution in [0.2, 0.25) is 0 Å². The number of benzene rings is 7. The van der Waals surface area contributed by atoms with Gasteiger partial charge in [0.05, 0.1) is 22.1 Å². The molecule has 7 aromatic carbocycles. The van der Waals surface area contributed by atoms with Gasteiger partial charge in [-0.3, -0.25) is 4.57 Å². The third kappa shape index (κ3) is 3.46. The van der Waals surface area contributed by atoms with Crippen molar-refractivity contribution in [2.45, 2.75) is 0 Å². The molecule has 0 radical (unpaired) electrons. The molecule has 0 aliphatic rings. The number of oxazole rings is 1. The Balaban J connectivity index is 1.32. The molecule has 0 saturated carbocycles. The Morgan fingerprint density at radius 1 is 0.521 bits per heavy atom. The summed E-state index contributed by atoms with van der Waals surface area (Å²) in [5.41, 5.74) is 9.55. The second kappa shape index (κ2) is 9.67. The van der Waals surface area contributed by atoms with Crippen LogP contribution in [0.15, 0.2) is 156 Å². The summed E-state index contributed by atoms with van der Waals surface area (Å²) in [6, 6.07) is 54.4. The third-order valence-corrected chi connectivity index (χ3v) is 11.0. The van der Waals surface area contributed by atoms with Gasteiger partial charge in [-0.1, -0.05) is 115 Å². The summed E-state index contributed by atoms with van der Waals surface area (Å²) in [4.78, 5) is 5.40. The van der Waals surface area contributed by atoms with Crippen molar-refractivity contribution in [3.63, 3.8) is 0 Å². The maximum Gasteiger partial charge on any atom is 0.307 e. The molecule has 4 aromatic heterocycles. The lowest BCUT2D eigenvalue weighted by atomic mass is 10.0. The number of hydrogen-bond acceptors (Lipinski definition) is 3. The zero-order chi connectivity index (χ0) is 31.3. The van der Waals surface area contributed by atoms with Gasteiger partial charge in [-0.15, -0.1) is 11.3 Å².